The maximum absolute atomic E-state index is 14.5. The molecule has 1 saturated heterocycles. The molecular formula is C20H26FN5O4. The van der Waals surface area contributed by atoms with Crippen molar-refractivity contribution in [1.82, 2.24) is 14.9 Å². The van der Waals surface area contributed by atoms with Gasteiger partial charge in [0.15, 0.2) is 6.23 Å². The third kappa shape index (κ3) is 5.26. The van der Waals surface area contributed by atoms with E-state index in [1.54, 1.807) is 26.2 Å². The van der Waals surface area contributed by atoms with Crippen molar-refractivity contribution in [3.8, 4) is 5.88 Å². The van der Waals surface area contributed by atoms with E-state index in [1.807, 2.05) is 0 Å². The molecule has 1 aliphatic rings. The zero-order chi connectivity index (χ0) is 21.5. The van der Waals surface area contributed by atoms with Gasteiger partial charge in [0.05, 0.1) is 17.9 Å². The van der Waals surface area contributed by atoms with Crippen LogP contribution in [0.3, 0.4) is 0 Å². The van der Waals surface area contributed by atoms with Crippen LogP contribution in [0.1, 0.15) is 24.8 Å². The molecule has 10 heteroatoms. The summed E-state index contributed by atoms with van der Waals surface area (Å²) in [5.74, 6) is 0.211. The number of hydrogen-bond acceptors (Lipinski definition) is 7. The Hall–Kier alpha value is -3.14. The van der Waals surface area contributed by atoms with Gasteiger partial charge in [0, 0.05) is 32.3 Å². The summed E-state index contributed by atoms with van der Waals surface area (Å²) in [7, 11) is 1.60. The number of halogens is 1. The van der Waals surface area contributed by atoms with Crippen LogP contribution in [0.4, 0.5) is 26.4 Å². The molecule has 0 aliphatic carbocycles. The Morgan fingerprint density at radius 1 is 1.37 bits per heavy atom. The summed E-state index contributed by atoms with van der Waals surface area (Å²) in [6.45, 7) is 3.25. The number of ether oxygens (including phenoxy) is 2. The Balaban J connectivity index is 1.73. The van der Waals surface area contributed by atoms with E-state index in [0.717, 1.165) is 12.8 Å². The topological polar surface area (TPSA) is 109 Å². The zero-order valence-electron chi connectivity index (χ0n) is 17.0. The van der Waals surface area contributed by atoms with Crippen LogP contribution in [0.25, 0.3) is 0 Å². The summed E-state index contributed by atoms with van der Waals surface area (Å²) in [4.78, 5) is 21.0. The van der Waals surface area contributed by atoms with Crippen molar-refractivity contribution in [3.63, 3.8) is 0 Å². The highest BCUT2D eigenvalue weighted by Crippen LogP contribution is 2.29. The van der Waals surface area contributed by atoms with Gasteiger partial charge in [-0.2, -0.15) is 0 Å². The molecule has 162 valence electrons. The van der Waals surface area contributed by atoms with E-state index < -0.39 is 18.1 Å². The third-order valence-electron chi connectivity index (χ3n) is 4.84. The molecule has 0 saturated carbocycles. The molecule has 30 heavy (non-hydrogen) atoms. The summed E-state index contributed by atoms with van der Waals surface area (Å²) in [6.07, 6.45) is 1.94. The molecule has 0 spiro atoms. The number of hydrogen-bond donors (Lipinski definition) is 3. The lowest BCUT2D eigenvalue weighted by atomic mass is 10.1. The second kappa shape index (κ2) is 10.1. The summed E-state index contributed by atoms with van der Waals surface area (Å²) >= 11 is 0. The van der Waals surface area contributed by atoms with E-state index in [1.165, 1.54) is 17.3 Å². The predicted molar refractivity (Wildman–Crippen MR) is 110 cm³/mol. The lowest BCUT2D eigenvalue weighted by Crippen LogP contribution is -2.46. The monoisotopic (exact) mass is 419 g/mol. The second-order valence-electron chi connectivity index (χ2n) is 6.94. The van der Waals surface area contributed by atoms with Crippen LogP contribution in [0.2, 0.25) is 0 Å². The molecule has 3 N–H and O–H groups in total. The van der Waals surface area contributed by atoms with Gasteiger partial charge >= 0.3 is 6.09 Å². The molecule has 1 unspecified atom stereocenters. The third-order valence-corrected chi connectivity index (χ3v) is 4.84. The molecule has 1 aliphatic heterocycles. The van der Waals surface area contributed by atoms with E-state index in [-0.39, 0.29) is 11.6 Å². The predicted octanol–water partition coefficient (Wildman–Crippen LogP) is 3.59. The molecule has 1 atom stereocenters. The summed E-state index contributed by atoms with van der Waals surface area (Å²) in [6, 6.07) is 4.75. The van der Waals surface area contributed by atoms with E-state index in [2.05, 4.69) is 20.6 Å². The fraction of sp³-hybridized carbons (Fsp3) is 0.450. The highest BCUT2D eigenvalue weighted by molar-refractivity contribution is 5.66. The Morgan fingerprint density at radius 3 is 2.93 bits per heavy atom. The normalized spacial score (nSPS) is 16.2. The fourth-order valence-electron chi connectivity index (χ4n) is 3.20. The minimum absolute atomic E-state index is 0.255. The Bertz CT molecular complexity index is 882. The quantitative estimate of drug-likeness (QED) is 0.557. The second-order valence-corrected chi connectivity index (χ2v) is 6.94. The fourth-order valence-corrected chi connectivity index (χ4v) is 3.20. The van der Waals surface area contributed by atoms with E-state index in [9.17, 15) is 14.3 Å². The van der Waals surface area contributed by atoms with Gasteiger partial charge in [-0.15, -0.1) is 0 Å². The van der Waals surface area contributed by atoms with Crippen LogP contribution in [0, 0.1) is 12.7 Å². The van der Waals surface area contributed by atoms with Crippen molar-refractivity contribution >= 4 is 23.3 Å². The van der Waals surface area contributed by atoms with Crippen molar-refractivity contribution < 1.29 is 23.8 Å². The van der Waals surface area contributed by atoms with Crippen LogP contribution >= 0.6 is 0 Å². The first kappa shape index (κ1) is 21.6. The van der Waals surface area contributed by atoms with E-state index >= 15 is 0 Å². The van der Waals surface area contributed by atoms with Gasteiger partial charge in [-0.05, 0) is 38.0 Å². The van der Waals surface area contributed by atoms with Gasteiger partial charge in [0.2, 0.25) is 5.88 Å². The van der Waals surface area contributed by atoms with Gasteiger partial charge in [-0.1, -0.05) is 0 Å². The number of carboxylic acid groups (broad SMARTS) is 1. The zero-order valence-corrected chi connectivity index (χ0v) is 17.0. The maximum Gasteiger partial charge on any atom is 0.410 e. The van der Waals surface area contributed by atoms with Gasteiger partial charge < -0.3 is 25.2 Å². The maximum atomic E-state index is 14.5. The highest BCUT2D eigenvalue weighted by atomic mass is 19.1. The molecule has 1 aromatic carbocycles. The standard InChI is InChI=1S/C20H26FN5O4/c1-13-18(25-16-7-6-14(11-15(16)21)22-8-10-29-2)23-12-24-19(13)30-17-5-3-4-9-26(17)20(27)28/h6-7,11-12,17,22H,3-5,8-10H2,1-2H3,(H,27,28)(H,23,24,25). The van der Waals surface area contributed by atoms with Crippen molar-refractivity contribution in [1.29, 1.82) is 0 Å². The number of rotatable bonds is 8. The number of nitrogens with one attached hydrogen (secondary N) is 2. The minimum atomic E-state index is -1.02. The molecular weight excluding hydrogens is 393 g/mol. The number of likely N-dealkylation sites (tertiary alicyclic amines) is 1. The van der Waals surface area contributed by atoms with Crippen LogP contribution in [-0.4, -0.2) is 59.1 Å². The summed E-state index contributed by atoms with van der Waals surface area (Å²) < 4.78 is 25.4. The van der Waals surface area contributed by atoms with Crippen molar-refractivity contribution in [2.24, 2.45) is 0 Å². The largest absolute Gasteiger partial charge is 0.465 e. The van der Waals surface area contributed by atoms with Crippen LogP contribution < -0.4 is 15.4 Å². The summed E-state index contributed by atoms with van der Waals surface area (Å²) in [5.41, 5.74) is 1.46. The summed E-state index contributed by atoms with van der Waals surface area (Å²) in [5, 5.41) is 15.4. The molecule has 2 aromatic rings. The van der Waals surface area contributed by atoms with Crippen LogP contribution in [0.5, 0.6) is 5.88 Å². The average Bonchev–Trinajstić information content (AvgIpc) is 2.73. The number of anilines is 3. The van der Waals surface area contributed by atoms with Gasteiger partial charge in [-0.3, -0.25) is 4.90 Å². The van der Waals surface area contributed by atoms with E-state index in [4.69, 9.17) is 9.47 Å². The number of methoxy groups -OCH3 is 1. The average molecular weight is 419 g/mol. The number of aromatic nitrogens is 2. The molecule has 1 aromatic heterocycles. The van der Waals surface area contributed by atoms with Gasteiger partial charge in [-0.25, -0.2) is 19.2 Å². The highest BCUT2D eigenvalue weighted by Gasteiger charge is 2.29. The van der Waals surface area contributed by atoms with Crippen molar-refractivity contribution in [2.75, 3.05) is 37.4 Å². The number of piperidine rings is 1. The SMILES string of the molecule is COCCNc1ccc(Nc2ncnc(OC3CCCCN3C(=O)O)c2C)c(F)c1. The van der Waals surface area contributed by atoms with Crippen LogP contribution in [0.15, 0.2) is 24.5 Å². The van der Waals surface area contributed by atoms with Crippen molar-refractivity contribution in [2.45, 2.75) is 32.4 Å². The lowest BCUT2D eigenvalue weighted by molar-refractivity contribution is 0.00292. The smallest absolute Gasteiger partial charge is 0.410 e. The molecule has 0 radical (unpaired) electrons. The Kier molecular flexibility index (Phi) is 7.23. The molecule has 1 amide bonds. The first-order valence-corrected chi connectivity index (χ1v) is 9.76. The number of nitrogens with zero attached hydrogens (tertiary/aromatic N) is 3. The molecule has 1 fully saturated rings. The Labute approximate surface area is 174 Å². The molecule has 2 heterocycles. The molecule has 9 nitrogen and oxygen atoms in total. The van der Waals surface area contributed by atoms with Gasteiger partial charge in [0.25, 0.3) is 0 Å². The van der Waals surface area contributed by atoms with Gasteiger partial charge in [0.1, 0.15) is 18.0 Å². The lowest BCUT2D eigenvalue weighted by Gasteiger charge is -2.33. The van der Waals surface area contributed by atoms with Crippen molar-refractivity contribution in [3.05, 3.63) is 35.9 Å². The molecule has 0 bridgehead atoms. The number of amides is 1. The molecule has 3 rings (SSSR count). The number of carbonyl (C=O) groups is 1. The number of benzene rings is 1. The Morgan fingerprint density at radius 2 is 2.20 bits per heavy atom. The first-order valence-electron chi connectivity index (χ1n) is 9.76. The van der Waals surface area contributed by atoms with Crippen LogP contribution in [-0.2, 0) is 4.74 Å². The van der Waals surface area contributed by atoms with E-state index in [0.29, 0.717) is 43.2 Å². The minimum Gasteiger partial charge on any atom is -0.465 e. The first-order chi connectivity index (χ1) is 14.5.